The lowest BCUT2D eigenvalue weighted by Gasteiger charge is -2.28. The fourth-order valence-corrected chi connectivity index (χ4v) is 3.23. The fourth-order valence-electron chi connectivity index (χ4n) is 3.23. The van der Waals surface area contributed by atoms with E-state index < -0.39 is 47.6 Å². The predicted molar refractivity (Wildman–Crippen MR) is 106 cm³/mol. The van der Waals surface area contributed by atoms with Crippen molar-refractivity contribution in [2.45, 2.75) is 32.9 Å². The van der Waals surface area contributed by atoms with E-state index in [1.54, 1.807) is 32.0 Å². The maximum absolute atomic E-state index is 13.7. The minimum atomic E-state index is -1.27. The van der Waals surface area contributed by atoms with Crippen LogP contribution >= 0.6 is 0 Å². The van der Waals surface area contributed by atoms with E-state index in [-0.39, 0.29) is 16.8 Å². The standard InChI is InChI=1S/C22H21FN2O5/c1-12(2)18(25-20(27)14-8-4-5-9-15(14)21(25)28)22(29)30-13(3)19(26)24-17-11-7-6-10-16(17)23/h4-13,18H,1-3H3,(H,24,26)/t13-,18+/m0/s1. The van der Waals surface area contributed by atoms with Crippen molar-refractivity contribution in [1.82, 2.24) is 4.90 Å². The van der Waals surface area contributed by atoms with Gasteiger partial charge in [-0.3, -0.25) is 19.3 Å². The van der Waals surface area contributed by atoms with Gasteiger partial charge < -0.3 is 10.1 Å². The molecule has 0 radical (unpaired) electrons. The Morgan fingerprint density at radius 2 is 1.47 bits per heavy atom. The van der Waals surface area contributed by atoms with E-state index in [1.807, 2.05) is 0 Å². The van der Waals surface area contributed by atoms with Gasteiger partial charge in [0.1, 0.15) is 11.9 Å². The summed E-state index contributed by atoms with van der Waals surface area (Å²) in [5.41, 5.74) is 0.378. The van der Waals surface area contributed by atoms with Gasteiger partial charge in [-0.25, -0.2) is 9.18 Å². The van der Waals surface area contributed by atoms with Crippen LogP contribution in [0, 0.1) is 11.7 Å². The number of para-hydroxylation sites is 1. The van der Waals surface area contributed by atoms with Gasteiger partial charge in [0.25, 0.3) is 17.7 Å². The first kappa shape index (κ1) is 21.2. The van der Waals surface area contributed by atoms with Crippen LogP contribution in [0.4, 0.5) is 10.1 Å². The van der Waals surface area contributed by atoms with Crippen molar-refractivity contribution in [2.24, 2.45) is 5.92 Å². The molecule has 2 atom stereocenters. The summed E-state index contributed by atoms with van der Waals surface area (Å²) in [6.45, 7) is 4.66. The number of hydrogen-bond acceptors (Lipinski definition) is 5. The van der Waals surface area contributed by atoms with E-state index >= 15 is 0 Å². The van der Waals surface area contributed by atoms with E-state index in [4.69, 9.17) is 4.74 Å². The molecule has 0 bridgehead atoms. The van der Waals surface area contributed by atoms with Crippen molar-refractivity contribution in [3.63, 3.8) is 0 Å². The number of rotatable bonds is 6. The second-order valence-corrected chi connectivity index (χ2v) is 7.26. The number of carbonyl (C=O) groups is 4. The number of fused-ring (bicyclic) bond motifs is 1. The average molecular weight is 412 g/mol. The summed E-state index contributed by atoms with van der Waals surface area (Å²) in [4.78, 5) is 51.5. The van der Waals surface area contributed by atoms with Crippen LogP contribution in [0.25, 0.3) is 0 Å². The number of halogens is 1. The second kappa shape index (κ2) is 8.44. The number of nitrogens with one attached hydrogen (secondary N) is 1. The summed E-state index contributed by atoms with van der Waals surface area (Å²) in [6.07, 6.45) is -1.27. The molecule has 1 heterocycles. The third kappa shape index (κ3) is 3.94. The largest absolute Gasteiger partial charge is 0.451 e. The molecule has 7 nitrogen and oxygen atoms in total. The van der Waals surface area contributed by atoms with Gasteiger partial charge in [0, 0.05) is 0 Å². The highest BCUT2D eigenvalue weighted by Crippen LogP contribution is 2.28. The second-order valence-electron chi connectivity index (χ2n) is 7.26. The van der Waals surface area contributed by atoms with E-state index in [0.717, 1.165) is 4.90 Å². The molecule has 2 aromatic carbocycles. The minimum Gasteiger partial charge on any atom is -0.451 e. The predicted octanol–water partition coefficient (Wildman–Crippen LogP) is 3.02. The lowest BCUT2D eigenvalue weighted by Crippen LogP contribution is -2.50. The number of esters is 1. The molecule has 156 valence electrons. The summed E-state index contributed by atoms with van der Waals surface area (Å²) in [5, 5.41) is 2.35. The normalized spacial score (nSPS) is 15.0. The van der Waals surface area contributed by atoms with E-state index in [1.165, 1.54) is 37.3 Å². The molecule has 3 rings (SSSR count). The summed E-state index contributed by atoms with van der Waals surface area (Å²) < 4.78 is 19.0. The van der Waals surface area contributed by atoms with Gasteiger partial charge in [-0.1, -0.05) is 38.1 Å². The fraction of sp³-hybridized carbons (Fsp3) is 0.273. The van der Waals surface area contributed by atoms with E-state index in [9.17, 15) is 23.6 Å². The highest BCUT2D eigenvalue weighted by atomic mass is 19.1. The van der Waals surface area contributed by atoms with Gasteiger partial charge in [-0.2, -0.15) is 0 Å². The third-order valence-corrected chi connectivity index (χ3v) is 4.77. The van der Waals surface area contributed by atoms with Crippen molar-refractivity contribution in [3.05, 3.63) is 65.5 Å². The average Bonchev–Trinajstić information content (AvgIpc) is 2.95. The van der Waals surface area contributed by atoms with Crippen molar-refractivity contribution >= 4 is 29.4 Å². The molecule has 0 fully saturated rings. The molecule has 0 aromatic heterocycles. The van der Waals surface area contributed by atoms with Gasteiger partial charge in [0.05, 0.1) is 16.8 Å². The summed E-state index contributed by atoms with van der Waals surface area (Å²) in [7, 11) is 0. The molecule has 30 heavy (non-hydrogen) atoms. The molecule has 0 saturated heterocycles. The Kier molecular flexibility index (Phi) is 5.96. The number of imide groups is 1. The third-order valence-electron chi connectivity index (χ3n) is 4.77. The van der Waals surface area contributed by atoms with Crippen molar-refractivity contribution < 1.29 is 28.3 Å². The van der Waals surface area contributed by atoms with E-state index in [0.29, 0.717) is 0 Å². The van der Waals surface area contributed by atoms with Crippen LogP contribution in [-0.2, 0) is 14.3 Å². The van der Waals surface area contributed by atoms with Crippen LogP contribution in [0.3, 0.4) is 0 Å². The quantitative estimate of drug-likeness (QED) is 0.582. The first-order valence-corrected chi connectivity index (χ1v) is 9.45. The number of hydrogen-bond donors (Lipinski definition) is 1. The topological polar surface area (TPSA) is 92.8 Å². The summed E-state index contributed by atoms with van der Waals surface area (Å²) in [5.74, 6) is -3.89. The Labute approximate surface area is 172 Å². The first-order chi connectivity index (χ1) is 14.2. The first-order valence-electron chi connectivity index (χ1n) is 9.45. The van der Waals surface area contributed by atoms with Crippen molar-refractivity contribution in [3.8, 4) is 0 Å². The molecule has 3 amide bonds. The van der Waals surface area contributed by atoms with Gasteiger partial charge in [-0.05, 0) is 37.1 Å². The molecular weight excluding hydrogens is 391 g/mol. The van der Waals surface area contributed by atoms with Gasteiger partial charge in [0.15, 0.2) is 6.10 Å². The minimum absolute atomic E-state index is 0.0499. The van der Waals surface area contributed by atoms with E-state index in [2.05, 4.69) is 5.32 Å². The van der Waals surface area contributed by atoms with Crippen LogP contribution in [-0.4, -0.2) is 40.7 Å². The van der Waals surface area contributed by atoms with Crippen LogP contribution in [0.5, 0.6) is 0 Å². The van der Waals surface area contributed by atoms with Crippen LogP contribution in [0.2, 0.25) is 0 Å². The van der Waals surface area contributed by atoms with Gasteiger partial charge in [-0.15, -0.1) is 0 Å². The number of amides is 3. The molecule has 1 aliphatic heterocycles. The molecule has 1 N–H and O–H groups in total. The molecule has 0 spiro atoms. The highest BCUT2D eigenvalue weighted by Gasteiger charge is 2.45. The van der Waals surface area contributed by atoms with Crippen LogP contribution in [0.15, 0.2) is 48.5 Å². The molecule has 8 heteroatoms. The van der Waals surface area contributed by atoms with Crippen LogP contribution in [0.1, 0.15) is 41.5 Å². The zero-order valence-corrected chi connectivity index (χ0v) is 16.7. The Morgan fingerprint density at radius 3 is 2.00 bits per heavy atom. The number of carbonyl (C=O) groups excluding carboxylic acids is 4. The van der Waals surface area contributed by atoms with Gasteiger partial charge in [0.2, 0.25) is 0 Å². The molecule has 0 aliphatic carbocycles. The zero-order chi connectivity index (χ0) is 22.0. The highest BCUT2D eigenvalue weighted by molar-refractivity contribution is 6.22. The maximum atomic E-state index is 13.7. The number of ether oxygens (including phenoxy) is 1. The zero-order valence-electron chi connectivity index (χ0n) is 16.7. The molecule has 2 aromatic rings. The number of nitrogens with zero attached hydrogens (tertiary/aromatic N) is 1. The lowest BCUT2D eigenvalue weighted by atomic mass is 10.0. The SMILES string of the molecule is CC(C)[C@H](C(=O)O[C@@H](C)C(=O)Nc1ccccc1F)N1C(=O)c2ccccc2C1=O. The van der Waals surface area contributed by atoms with Crippen molar-refractivity contribution in [2.75, 3.05) is 5.32 Å². The van der Waals surface area contributed by atoms with Crippen molar-refractivity contribution in [1.29, 1.82) is 0 Å². The molecular formula is C22H21FN2O5. The lowest BCUT2D eigenvalue weighted by molar-refractivity contribution is -0.158. The number of anilines is 1. The molecule has 0 saturated carbocycles. The molecule has 1 aliphatic rings. The summed E-state index contributed by atoms with van der Waals surface area (Å²) in [6, 6.07) is 10.7. The monoisotopic (exact) mass is 412 g/mol. The Balaban J connectivity index is 1.75. The number of benzene rings is 2. The Morgan fingerprint density at radius 1 is 0.933 bits per heavy atom. The Hall–Kier alpha value is -3.55. The Bertz CT molecular complexity index is 985. The van der Waals surface area contributed by atoms with Gasteiger partial charge >= 0.3 is 5.97 Å². The molecule has 0 unspecified atom stereocenters. The summed E-state index contributed by atoms with van der Waals surface area (Å²) >= 11 is 0. The van der Waals surface area contributed by atoms with Crippen LogP contribution < -0.4 is 5.32 Å². The smallest absolute Gasteiger partial charge is 0.330 e. The maximum Gasteiger partial charge on any atom is 0.330 e.